The van der Waals surface area contributed by atoms with E-state index < -0.39 is 0 Å². The monoisotopic (exact) mass is 378 g/mol. The highest BCUT2D eigenvalue weighted by atomic mass is 16.1. The van der Waals surface area contributed by atoms with Crippen molar-refractivity contribution in [3.8, 4) is 0 Å². The summed E-state index contributed by atoms with van der Waals surface area (Å²) in [6.07, 6.45) is 4.20. The van der Waals surface area contributed by atoms with Crippen molar-refractivity contribution in [3.63, 3.8) is 0 Å². The molecule has 5 heteroatoms. The van der Waals surface area contributed by atoms with Crippen LogP contribution in [0.5, 0.6) is 0 Å². The molecule has 3 N–H and O–H groups in total. The third kappa shape index (κ3) is 5.35. The minimum atomic E-state index is 0.142. The maximum Gasteiger partial charge on any atom is 0.227 e. The number of hydrogen-bond acceptors (Lipinski definition) is 2. The highest BCUT2D eigenvalue weighted by Crippen LogP contribution is 2.27. The summed E-state index contributed by atoms with van der Waals surface area (Å²) in [7, 11) is 1.77. The lowest BCUT2D eigenvalue weighted by molar-refractivity contribution is -0.122. The largest absolute Gasteiger partial charge is 0.352 e. The molecule has 0 spiro atoms. The van der Waals surface area contributed by atoms with Crippen LogP contribution >= 0.6 is 0 Å². The molecule has 5 nitrogen and oxygen atoms in total. The predicted molar refractivity (Wildman–Crippen MR) is 115 cm³/mol. The second kappa shape index (κ2) is 9.93. The standard InChI is InChI=1S/C23H30N4O/c1-3-18-9-4-5-10-20(18)16-26-23(24-2)25-15-17-8-6-13-21(14-17)27-22(28)19-11-7-12-19/h4-6,8-10,13-14,19H,3,7,11-12,15-16H2,1-2H3,(H,27,28)(H2,24,25,26). The summed E-state index contributed by atoms with van der Waals surface area (Å²) < 4.78 is 0. The van der Waals surface area contributed by atoms with Crippen molar-refractivity contribution in [2.75, 3.05) is 12.4 Å². The number of amides is 1. The fourth-order valence-corrected chi connectivity index (χ4v) is 3.33. The van der Waals surface area contributed by atoms with E-state index in [1.54, 1.807) is 7.05 Å². The summed E-state index contributed by atoms with van der Waals surface area (Å²) >= 11 is 0. The number of rotatable bonds is 7. The summed E-state index contributed by atoms with van der Waals surface area (Å²) in [5.74, 6) is 1.09. The number of benzene rings is 2. The molecule has 0 aliphatic heterocycles. The summed E-state index contributed by atoms with van der Waals surface area (Å²) in [5.41, 5.74) is 4.59. The van der Waals surface area contributed by atoms with Crippen molar-refractivity contribution < 1.29 is 4.79 Å². The summed E-state index contributed by atoms with van der Waals surface area (Å²) in [5, 5.41) is 9.75. The van der Waals surface area contributed by atoms with E-state index >= 15 is 0 Å². The molecule has 1 saturated carbocycles. The van der Waals surface area contributed by atoms with E-state index in [9.17, 15) is 4.79 Å². The van der Waals surface area contributed by atoms with Gasteiger partial charge in [0.25, 0.3) is 0 Å². The van der Waals surface area contributed by atoms with Crippen LogP contribution in [-0.2, 0) is 24.3 Å². The predicted octanol–water partition coefficient (Wildman–Crippen LogP) is 3.85. The Morgan fingerprint density at radius 1 is 1.04 bits per heavy atom. The van der Waals surface area contributed by atoms with E-state index in [4.69, 9.17) is 0 Å². The molecule has 1 fully saturated rings. The van der Waals surface area contributed by atoms with Gasteiger partial charge in [0.1, 0.15) is 0 Å². The molecule has 1 amide bonds. The van der Waals surface area contributed by atoms with Crippen molar-refractivity contribution >= 4 is 17.6 Å². The van der Waals surface area contributed by atoms with Gasteiger partial charge in [-0.1, -0.05) is 49.7 Å². The van der Waals surface area contributed by atoms with Crippen LogP contribution < -0.4 is 16.0 Å². The van der Waals surface area contributed by atoms with E-state index in [2.05, 4.69) is 52.1 Å². The molecular formula is C23H30N4O. The molecule has 0 heterocycles. The van der Waals surface area contributed by atoms with Gasteiger partial charge in [-0.3, -0.25) is 9.79 Å². The van der Waals surface area contributed by atoms with Gasteiger partial charge >= 0.3 is 0 Å². The second-order valence-corrected chi connectivity index (χ2v) is 7.22. The smallest absolute Gasteiger partial charge is 0.227 e. The van der Waals surface area contributed by atoms with Gasteiger partial charge in [-0.05, 0) is 48.1 Å². The van der Waals surface area contributed by atoms with Crippen LogP contribution in [0.25, 0.3) is 0 Å². The Balaban J connectivity index is 1.52. The van der Waals surface area contributed by atoms with Gasteiger partial charge in [0.05, 0.1) is 0 Å². The Bertz CT molecular complexity index is 827. The van der Waals surface area contributed by atoms with Crippen LogP contribution in [-0.4, -0.2) is 18.9 Å². The van der Waals surface area contributed by atoms with Crippen molar-refractivity contribution in [3.05, 3.63) is 65.2 Å². The van der Waals surface area contributed by atoms with Gasteiger partial charge < -0.3 is 16.0 Å². The lowest BCUT2D eigenvalue weighted by atomic mass is 9.85. The number of nitrogens with zero attached hydrogens (tertiary/aromatic N) is 1. The number of carbonyl (C=O) groups excluding carboxylic acids is 1. The number of hydrogen-bond donors (Lipinski definition) is 3. The highest BCUT2D eigenvalue weighted by molar-refractivity contribution is 5.93. The summed E-state index contributed by atoms with van der Waals surface area (Å²) in [4.78, 5) is 16.4. The van der Waals surface area contributed by atoms with Crippen molar-refractivity contribution in [1.82, 2.24) is 10.6 Å². The Hall–Kier alpha value is -2.82. The third-order valence-electron chi connectivity index (χ3n) is 5.30. The minimum absolute atomic E-state index is 0.142. The number of aryl methyl sites for hydroxylation is 1. The van der Waals surface area contributed by atoms with E-state index in [1.165, 1.54) is 11.1 Å². The molecule has 0 aromatic heterocycles. The molecular weight excluding hydrogens is 348 g/mol. The fourth-order valence-electron chi connectivity index (χ4n) is 3.33. The van der Waals surface area contributed by atoms with Crippen LogP contribution in [0.1, 0.15) is 42.9 Å². The third-order valence-corrected chi connectivity index (χ3v) is 5.30. The Kier molecular flexibility index (Phi) is 7.06. The van der Waals surface area contributed by atoms with Gasteiger partial charge in [-0.25, -0.2) is 0 Å². The van der Waals surface area contributed by atoms with Crippen LogP contribution in [0.15, 0.2) is 53.5 Å². The van der Waals surface area contributed by atoms with E-state index in [0.29, 0.717) is 6.54 Å². The van der Waals surface area contributed by atoms with Crippen LogP contribution in [0.3, 0.4) is 0 Å². The van der Waals surface area contributed by atoms with Crippen molar-refractivity contribution in [2.24, 2.45) is 10.9 Å². The molecule has 2 aromatic carbocycles. The van der Waals surface area contributed by atoms with Gasteiger partial charge in [-0.2, -0.15) is 0 Å². The molecule has 0 radical (unpaired) electrons. The quantitative estimate of drug-likeness (QED) is 0.506. The first-order chi connectivity index (χ1) is 13.7. The van der Waals surface area contributed by atoms with Crippen molar-refractivity contribution in [1.29, 1.82) is 0 Å². The second-order valence-electron chi connectivity index (χ2n) is 7.22. The van der Waals surface area contributed by atoms with Gasteiger partial charge in [0.2, 0.25) is 5.91 Å². The lowest BCUT2D eigenvalue weighted by Crippen LogP contribution is -2.36. The Morgan fingerprint density at radius 2 is 1.79 bits per heavy atom. The summed E-state index contributed by atoms with van der Waals surface area (Å²) in [6.45, 7) is 3.55. The molecule has 0 saturated heterocycles. The molecule has 0 atom stereocenters. The molecule has 1 aliphatic carbocycles. The Morgan fingerprint density at radius 3 is 2.46 bits per heavy atom. The number of anilines is 1. The minimum Gasteiger partial charge on any atom is -0.352 e. The highest BCUT2D eigenvalue weighted by Gasteiger charge is 2.25. The molecule has 148 valence electrons. The maximum absolute atomic E-state index is 12.1. The van der Waals surface area contributed by atoms with E-state index in [1.807, 2.05) is 24.3 Å². The van der Waals surface area contributed by atoms with Gasteiger partial charge in [-0.15, -0.1) is 0 Å². The Labute approximate surface area is 167 Å². The molecule has 0 bridgehead atoms. The van der Waals surface area contributed by atoms with E-state index in [-0.39, 0.29) is 11.8 Å². The number of aliphatic imine (C=N–C) groups is 1. The number of nitrogens with one attached hydrogen (secondary N) is 3. The normalized spacial score (nSPS) is 14.3. The zero-order valence-corrected chi connectivity index (χ0v) is 16.8. The average Bonchev–Trinajstić information content (AvgIpc) is 2.67. The zero-order valence-electron chi connectivity index (χ0n) is 16.8. The lowest BCUT2D eigenvalue weighted by Gasteiger charge is -2.24. The summed E-state index contributed by atoms with van der Waals surface area (Å²) in [6, 6.07) is 16.4. The van der Waals surface area contributed by atoms with Crippen LogP contribution in [0.2, 0.25) is 0 Å². The first-order valence-corrected chi connectivity index (χ1v) is 10.1. The first-order valence-electron chi connectivity index (χ1n) is 10.1. The van der Waals surface area contributed by atoms with E-state index in [0.717, 1.165) is 49.4 Å². The molecule has 1 aliphatic rings. The topological polar surface area (TPSA) is 65.5 Å². The number of guanidine groups is 1. The number of carbonyl (C=O) groups is 1. The average molecular weight is 379 g/mol. The van der Waals surface area contributed by atoms with Gasteiger partial charge in [0, 0.05) is 31.7 Å². The molecule has 3 rings (SSSR count). The zero-order chi connectivity index (χ0) is 19.8. The molecule has 0 unspecified atom stereocenters. The molecule has 2 aromatic rings. The first kappa shape index (κ1) is 19.9. The molecule has 28 heavy (non-hydrogen) atoms. The van der Waals surface area contributed by atoms with Gasteiger partial charge in [0.15, 0.2) is 5.96 Å². The SMILES string of the molecule is CCc1ccccc1CNC(=NC)NCc1cccc(NC(=O)C2CCC2)c1. The maximum atomic E-state index is 12.1. The fraction of sp³-hybridized carbons (Fsp3) is 0.391. The van der Waals surface area contributed by atoms with Crippen LogP contribution in [0, 0.1) is 5.92 Å². The van der Waals surface area contributed by atoms with Crippen LogP contribution in [0.4, 0.5) is 5.69 Å². The van der Waals surface area contributed by atoms with Crippen molar-refractivity contribution in [2.45, 2.75) is 45.7 Å².